The van der Waals surface area contributed by atoms with Crippen LogP contribution in [0.3, 0.4) is 0 Å². The van der Waals surface area contributed by atoms with E-state index < -0.39 is 6.09 Å². The standard InChI is InChI=1S/C10H17NO4/c1-14-8-6-10(2-4-15-5-3-10)7-11(8)9(12)13/h8H,2-7H2,1H3,(H,12,13). The van der Waals surface area contributed by atoms with Crippen molar-refractivity contribution in [2.75, 3.05) is 26.9 Å². The molecule has 0 aromatic heterocycles. The van der Waals surface area contributed by atoms with Crippen molar-refractivity contribution in [3.63, 3.8) is 0 Å². The number of hydrogen-bond acceptors (Lipinski definition) is 3. The van der Waals surface area contributed by atoms with Crippen LogP contribution in [0.4, 0.5) is 4.79 Å². The number of ether oxygens (including phenoxy) is 2. The molecule has 1 N–H and O–H groups in total. The first-order valence-corrected chi connectivity index (χ1v) is 5.27. The summed E-state index contributed by atoms with van der Waals surface area (Å²) in [6.07, 6.45) is 1.53. The second kappa shape index (κ2) is 3.98. The van der Waals surface area contributed by atoms with Crippen LogP contribution >= 0.6 is 0 Å². The smallest absolute Gasteiger partial charge is 0.409 e. The number of rotatable bonds is 1. The Kier molecular flexibility index (Phi) is 2.84. The molecule has 1 spiro atoms. The molecule has 0 radical (unpaired) electrons. The molecule has 0 saturated carbocycles. The van der Waals surface area contributed by atoms with Gasteiger partial charge in [-0.1, -0.05) is 0 Å². The zero-order chi connectivity index (χ0) is 10.9. The van der Waals surface area contributed by atoms with Crippen molar-refractivity contribution in [2.45, 2.75) is 25.5 Å². The fourth-order valence-corrected chi connectivity index (χ4v) is 2.58. The van der Waals surface area contributed by atoms with Gasteiger partial charge in [0, 0.05) is 26.9 Å². The third kappa shape index (κ3) is 1.94. The Hall–Kier alpha value is -0.810. The van der Waals surface area contributed by atoms with Gasteiger partial charge in [0.05, 0.1) is 0 Å². The van der Waals surface area contributed by atoms with Gasteiger partial charge in [-0.05, 0) is 24.7 Å². The zero-order valence-electron chi connectivity index (χ0n) is 8.94. The minimum atomic E-state index is -0.884. The van der Waals surface area contributed by atoms with Gasteiger partial charge in [-0.3, -0.25) is 4.90 Å². The Labute approximate surface area is 89.0 Å². The Morgan fingerprint density at radius 2 is 2.20 bits per heavy atom. The van der Waals surface area contributed by atoms with E-state index in [1.54, 1.807) is 7.11 Å². The van der Waals surface area contributed by atoms with Gasteiger partial charge in [0.2, 0.25) is 0 Å². The minimum Gasteiger partial charge on any atom is -0.465 e. The van der Waals surface area contributed by atoms with E-state index in [-0.39, 0.29) is 11.6 Å². The molecule has 5 nitrogen and oxygen atoms in total. The van der Waals surface area contributed by atoms with Crippen LogP contribution < -0.4 is 0 Å². The minimum absolute atomic E-state index is 0.0946. The van der Waals surface area contributed by atoms with E-state index >= 15 is 0 Å². The summed E-state index contributed by atoms with van der Waals surface area (Å²) in [5.74, 6) is 0. The van der Waals surface area contributed by atoms with E-state index in [1.807, 2.05) is 0 Å². The second-order valence-electron chi connectivity index (χ2n) is 4.42. The Bertz CT molecular complexity index is 250. The summed E-state index contributed by atoms with van der Waals surface area (Å²) >= 11 is 0. The van der Waals surface area contributed by atoms with Crippen LogP contribution in [0.5, 0.6) is 0 Å². The maximum atomic E-state index is 11.0. The molecule has 2 saturated heterocycles. The molecule has 5 heteroatoms. The third-order valence-corrected chi connectivity index (χ3v) is 3.53. The summed E-state index contributed by atoms with van der Waals surface area (Å²) in [4.78, 5) is 12.4. The van der Waals surface area contributed by atoms with Crippen LogP contribution in [0, 0.1) is 5.41 Å². The largest absolute Gasteiger partial charge is 0.465 e. The molecule has 15 heavy (non-hydrogen) atoms. The summed E-state index contributed by atoms with van der Waals surface area (Å²) in [5.41, 5.74) is 0.0946. The third-order valence-electron chi connectivity index (χ3n) is 3.53. The van der Waals surface area contributed by atoms with Crippen LogP contribution in [0.1, 0.15) is 19.3 Å². The molecule has 0 aliphatic carbocycles. The lowest BCUT2D eigenvalue weighted by atomic mass is 9.79. The van der Waals surface area contributed by atoms with Gasteiger partial charge in [0.25, 0.3) is 0 Å². The van der Waals surface area contributed by atoms with E-state index in [2.05, 4.69) is 0 Å². The van der Waals surface area contributed by atoms with E-state index in [0.717, 1.165) is 32.5 Å². The molecule has 2 aliphatic rings. The first-order chi connectivity index (χ1) is 7.17. The number of carbonyl (C=O) groups is 1. The molecule has 0 bridgehead atoms. The zero-order valence-corrected chi connectivity index (χ0v) is 8.94. The van der Waals surface area contributed by atoms with Gasteiger partial charge in [-0.25, -0.2) is 4.79 Å². The van der Waals surface area contributed by atoms with Gasteiger partial charge < -0.3 is 14.6 Å². The monoisotopic (exact) mass is 215 g/mol. The second-order valence-corrected chi connectivity index (χ2v) is 4.42. The molecule has 2 rings (SSSR count). The van der Waals surface area contributed by atoms with E-state index in [4.69, 9.17) is 14.6 Å². The first kappa shape index (κ1) is 10.7. The molecule has 0 aromatic rings. The molecule has 1 amide bonds. The van der Waals surface area contributed by atoms with E-state index in [1.165, 1.54) is 4.90 Å². The molecule has 1 atom stereocenters. The molecule has 0 aromatic carbocycles. The maximum Gasteiger partial charge on any atom is 0.409 e. The molecular formula is C10H17NO4. The highest BCUT2D eigenvalue weighted by Gasteiger charge is 2.46. The summed E-state index contributed by atoms with van der Waals surface area (Å²) in [6, 6.07) is 0. The van der Waals surface area contributed by atoms with Gasteiger partial charge in [-0.2, -0.15) is 0 Å². The van der Waals surface area contributed by atoms with Crippen molar-refractivity contribution >= 4 is 6.09 Å². The number of amides is 1. The van der Waals surface area contributed by atoms with Crippen molar-refractivity contribution in [1.82, 2.24) is 4.90 Å². The number of nitrogens with zero attached hydrogens (tertiary/aromatic N) is 1. The lowest BCUT2D eigenvalue weighted by molar-refractivity contribution is -0.000958. The van der Waals surface area contributed by atoms with Crippen molar-refractivity contribution in [3.05, 3.63) is 0 Å². The van der Waals surface area contributed by atoms with Gasteiger partial charge in [0.15, 0.2) is 0 Å². The highest BCUT2D eigenvalue weighted by Crippen LogP contribution is 2.42. The summed E-state index contributed by atoms with van der Waals surface area (Å²) in [6.45, 7) is 2.07. The van der Waals surface area contributed by atoms with Crippen molar-refractivity contribution in [1.29, 1.82) is 0 Å². The molecule has 2 heterocycles. The number of carboxylic acid groups (broad SMARTS) is 1. The topological polar surface area (TPSA) is 59.0 Å². The Morgan fingerprint density at radius 1 is 1.53 bits per heavy atom. The van der Waals surface area contributed by atoms with Crippen LogP contribution in [0.25, 0.3) is 0 Å². The summed E-state index contributed by atoms with van der Waals surface area (Å²) in [7, 11) is 1.57. The molecule has 2 aliphatic heterocycles. The molecule has 86 valence electrons. The highest BCUT2D eigenvalue weighted by molar-refractivity contribution is 5.65. The van der Waals surface area contributed by atoms with Crippen LogP contribution in [0.15, 0.2) is 0 Å². The highest BCUT2D eigenvalue weighted by atomic mass is 16.5. The number of likely N-dealkylation sites (tertiary alicyclic amines) is 1. The van der Waals surface area contributed by atoms with Gasteiger partial charge >= 0.3 is 6.09 Å². The van der Waals surface area contributed by atoms with Crippen molar-refractivity contribution in [3.8, 4) is 0 Å². The summed E-state index contributed by atoms with van der Waals surface area (Å²) < 4.78 is 10.5. The van der Waals surface area contributed by atoms with Crippen LogP contribution in [-0.2, 0) is 9.47 Å². The first-order valence-electron chi connectivity index (χ1n) is 5.27. The van der Waals surface area contributed by atoms with E-state index in [0.29, 0.717) is 6.54 Å². The predicted octanol–water partition coefficient (Wildman–Crippen LogP) is 1.14. The molecule has 2 fully saturated rings. The van der Waals surface area contributed by atoms with Crippen molar-refractivity contribution < 1.29 is 19.4 Å². The number of hydrogen-bond donors (Lipinski definition) is 1. The van der Waals surface area contributed by atoms with Crippen LogP contribution in [-0.4, -0.2) is 49.2 Å². The van der Waals surface area contributed by atoms with Gasteiger partial charge in [-0.15, -0.1) is 0 Å². The normalized spacial score (nSPS) is 29.7. The fraction of sp³-hybridized carbons (Fsp3) is 0.900. The summed E-state index contributed by atoms with van der Waals surface area (Å²) in [5, 5.41) is 9.04. The SMILES string of the molecule is COC1CC2(CCOCC2)CN1C(=O)O. The lowest BCUT2D eigenvalue weighted by Gasteiger charge is -2.32. The number of methoxy groups -OCH3 is 1. The Balaban J connectivity index is 2.08. The average molecular weight is 215 g/mol. The molecular weight excluding hydrogens is 198 g/mol. The van der Waals surface area contributed by atoms with Crippen LogP contribution in [0.2, 0.25) is 0 Å². The lowest BCUT2D eigenvalue weighted by Crippen LogP contribution is -2.37. The fourth-order valence-electron chi connectivity index (χ4n) is 2.58. The average Bonchev–Trinajstić information content (AvgIpc) is 2.58. The molecule has 1 unspecified atom stereocenters. The van der Waals surface area contributed by atoms with Gasteiger partial charge in [0.1, 0.15) is 6.23 Å². The maximum absolute atomic E-state index is 11.0. The van der Waals surface area contributed by atoms with E-state index in [9.17, 15) is 4.79 Å². The predicted molar refractivity (Wildman–Crippen MR) is 52.6 cm³/mol. The quantitative estimate of drug-likeness (QED) is 0.712. The Morgan fingerprint density at radius 3 is 2.67 bits per heavy atom. The van der Waals surface area contributed by atoms with Crippen molar-refractivity contribution in [2.24, 2.45) is 5.41 Å².